The summed E-state index contributed by atoms with van der Waals surface area (Å²) in [5, 5.41) is 17.1. The van der Waals surface area contributed by atoms with Crippen molar-refractivity contribution < 1.29 is 9.50 Å². The van der Waals surface area contributed by atoms with E-state index >= 15 is 0 Å². The number of nitrogens with zero attached hydrogens (tertiary/aromatic N) is 1. The second-order valence-corrected chi connectivity index (χ2v) is 3.10. The van der Waals surface area contributed by atoms with Crippen molar-refractivity contribution in [3.8, 4) is 6.07 Å². The Balaban J connectivity index is 2.83. The molecule has 0 aliphatic carbocycles. The summed E-state index contributed by atoms with van der Waals surface area (Å²) >= 11 is 0. The molecule has 1 N–H and O–H groups in total. The summed E-state index contributed by atoms with van der Waals surface area (Å²) < 4.78 is 13.1. The molecule has 1 aromatic rings. The summed E-state index contributed by atoms with van der Waals surface area (Å²) in [7, 11) is 0. The summed E-state index contributed by atoms with van der Waals surface area (Å²) in [6, 6.07) is 6.56. The Kier molecular flexibility index (Phi) is 4.52. The summed E-state index contributed by atoms with van der Waals surface area (Å²) in [5.41, 5.74) is 1.25. The van der Waals surface area contributed by atoms with E-state index in [1.165, 1.54) is 6.07 Å². The molecule has 78 valence electrons. The van der Waals surface area contributed by atoms with Gasteiger partial charge in [0, 0.05) is 12.2 Å². The van der Waals surface area contributed by atoms with Gasteiger partial charge < -0.3 is 5.11 Å². The highest BCUT2D eigenvalue weighted by molar-refractivity contribution is 5.50. The lowest BCUT2D eigenvalue weighted by atomic mass is 10.1. The van der Waals surface area contributed by atoms with Gasteiger partial charge in [0.15, 0.2) is 0 Å². The maximum absolute atomic E-state index is 13.1. The Morgan fingerprint density at radius 3 is 2.93 bits per heavy atom. The quantitative estimate of drug-likeness (QED) is 0.819. The summed E-state index contributed by atoms with van der Waals surface area (Å²) in [5.74, 6) is -0.351. The predicted molar refractivity (Wildman–Crippen MR) is 56.5 cm³/mol. The molecule has 0 saturated carbocycles. The smallest absolute Gasteiger partial charge is 0.127 e. The van der Waals surface area contributed by atoms with Crippen LogP contribution in [0.4, 0.5) is 4.39 Å². The zero-order valence-electron chi connectivity index (χ0n) is 8.28. The van der Waals surface area contributed by atoms with Crippen molar-refractivity contribution in [2.24, 2.45) is 0 Å². The van der Waals surface area contributed by atoms with Crippen molar-refractivity contribution in [1.82, 2.24) is 0 Å². The molecule has 15 heavy (non-hydrogen) atoms. The molecule has 1 rings (SSSR count). The molecule has 0 aliphatic heterocycles. The minimum Gasteiger partial charge on any atom is -0.396 e. The Bertz CT molecular complexity index is 393. The van der Waals surface area contributed by atoms with Gasteiger partial charge in [-0.25, -0.2) is 4.39 Å². The summed E-state index contributed by atoms with van der Waals surface area (Å²) in [6.07, 6.45) is 4.26. The standard InChI is InChI=1S/C12H12FNO/c13-12-5-4-10(3-1-2-8-15)9-11(12)6-7-14/h1,3-5,9,15H,2,6,8H2. The summed E-state index contributed by atoms with van der Waals surface area (Å²) in [6.45, 7) is 0.0999. The molecule has 0 aromatic heterocycles. The van der Waals surface area contributed by atoms with E-state index in [0.29, 0.717) is 12.0 Å². The Morgan fingerprint density at radius 2 is 2.27 bits per heavy atom. The third-order valence-corrected chi connectivity index (χ3v) is 1.95. The first kappa shape index (κ1) is 11.4. The average molecular weight is 205 g/mol. The average Bonchev–Trinajstić information content (AvgIpc) is 2.23. The first-order valence-corrected chi connectivity index (χ1v) is 4.70. The van der Waals surface area contributed by atoms with Crippen LogP contribution in [0.2, 0.25) is 0 Å². The zero-order chi connectivity index (χ0) is 11.1. The molecule has 0 atom stereocenters. The maximum atomic E-state index is 13.1. The first-order chi connectivity index (χ1) is 7.27. The lowest BCUT2D eigenvalue weighted by Crippen LogP contribution is -1.89. The Hall–Kier alpha value is -1.66. The monoisotopic (exact) mass is 205 g/mol. The van der Waals surface area contributed by atoms with Gasteiger partial charge in [0.1, 0.15) is 5.82 Å². The second-order valence-electron chi connectivity index (χ2n) is 3.10. The van der Waals surface area contributed by atoms with Crippen LogP contribution in [-0.2, 0) is 6.42 Å². The SMILES string of the molecule is N#CCc1cc(C=CCCO)ccc1F. The number of nitriles is 1. The lowest BCUT2D eigenvalue weighted by Gasteiger charge is -1.99. The fraction of sp³-hybridized carbons (Fsp3) is 0.250. The first-order valence-electron chi connectivity index (χ1n) is 4.70. The lowest BCUT2D eigenvalue weighted by molar-refractivity contribution is 0.303. The fourth-order valence-corrected chi connectivity index (χ4v) is 1.21. The number of hydrogen-bond acceptors (Lipinski definition) is 2. The molecule has 0 unspecified atom stereocenters. The van der Waals surface area contributed by atoms with Gasteiger partial charge in [0.05, 0.1) is 12.5 Å². The van der Waals surface area contributed by atoms with E-state index in [1.54, 1.807) is 18.2 Å². The van der Waals surface area contributed by atoms with Crippen molar-refractivity contribution in [1.29, 1.82) is 5.26 Å². The van der Waals surface area contributed by atoms with Gasteiger partial charge in [0.2, 0.25) is 0 Å². The molecule has 0 spiro atoms. The van der Waals surface area contributed by atoms with Gasteiger partial charge in [0.25, 0.3) is 0 Å². The second kappa shape index (κ2) is 5.94. The molecule has 0 amide bonds. The largest absolute Gasteiger partial charge is 0.396 e. The third-order valence-electron chi connectivity index (χ3n) is 1.95. The Morgan fingerprint density at radius 1 is 1.47 bits per heavy atom. The number of benzene rings is 1. The topological polar surface area (TPSA) is 44.0 Å². The molecule has 1 aromatic carbocycles. The normalized spacial score (nSPS) is 10.5. The highest BCUT2D eigenvalue weighted by Crippen LogP contribution is 2.12. The van der Waals surface area contributed by atoms with E-state index < -0.39 is 0 Å². The van der Waals surface area contributed by atoms with E-state index in [9.17, 15) is 4.39 Å². The van der Waals surface area contributed by atoms with Crippen LogP contribution in [-0.4, -0.2) is 11.7 Å². The van der Waals surface area contributed by atoms with E-state index in [-0.39, 0.29) is 18.8 Å². The van der Waals surface area contributed by atoms with Crippen LogP contribution in [0.5, 0.6) is 0 Å². The summed E-state index contributed by atoms with van der Waals surface area (Å²) in [4.78, 5) is 0. The molecule has 0 fully saturated rings. The molecule has 0 heterocycles. The van der Waals surface area contributed by atoms with Gasteiger partial charge >= 0.3 is 0 Å². The van der Waals surface area contributed by atoms with Gasteiger partial charge in [-0.15, -0.1) is 0 Å². The fourth-order valence-electron chi connectivity index (χ4n) is 1.21. The van der Waals surface area contributed by atoms with Crippen molar-refractivity contribution in [2.75, 3.05) is 6.61 Å². The highest BCUT2D eigenvalue weighted by atomic mass is 19.1. The molecular formula is C12H12FNO. The number of halogens is 1. The van der Waals surface area contributed by atoms with E-state index in [0.717, 1.165) is 5.56 Å². The van der Waals surface area contributed by atoms with Crippen LogP contribution in [0, 0.1) is 17.1 Å². The van der Waals surface area contributed by atoms with Crippen molar-refractivity contribution in [3.05, 3.63) is 41.2 Å². The van der Waals surface area contributed by atoms with E-state index in [2.05, 4.69) is 0 Å². The van der Waals surface area contributed by atoms with E-state index in [4.69, 9.17) is 10.4 Å². The van der Waals surface area contributed by atoms with Crippen LogP contribution >= 0.6 is 0 Å². The predicted octanol–water partition coefficient (Wildman–Crippen LogP) is 2.29. The van der Waals surface area contributed by atoms with Crippen LogP contribution in [0.3, 0.4) is 0 Å². The van der Waals surface area contributed by atoms with Gasteiger partial charge in [-0.1, -0.05) is 18.2 Å². The third kappa shape index (κ3) is 3.53. The maximum Gasteiger partial charge on any atom is 0.127 e. The highest BCUT2D eigenvalue weighted by Gasteiger charge is 2.01. The Labute approximate surface area is 88.3 Å². The molecule has 0 saturated heterocycles. The minimum absolute atomic E-state index is 0.0769. The minimum atomic E-state index is -0.351. The number of hydrogen-bond donors (Lipinski definition) is 1. The van der Waals surface area contributed by atoms with Crippen LogP contribution in [0.25, 0.3) is 6.08 Å². The number of aliphatic hydroxyl groups excluding tert-OH is 1. The molecule has 0 radical (unpaired) electrons. The van der Waals surface area contributed by atoms with Gasteiger partial charge in [-0.3, -0.25) is 0 Å². The van der Waals surface area contributed by atoms with Gasteiger partial charge in [-0.05, 0) is 24.1 Å². The van der Waals surface area contributed by atoms with Crippen molar-refractivity contribution in [3.63, 3.8) is 0 Å². The van der Waals surface area contributed by atoms with Gasteiger partial charge in [-0.2, -0.15) is 5.26 Å². The van der Waals surface area contributed by atoms with Crippen molar-refractivity contribution in [2.45, 2.75) is 12.8 Å². The molecule has 2 nitrogen and oxygen atoms in total. The molecule has 0 aliphatic rings. The number of rotatable bonds is 4. The van der Waals surface area contributed by atoms with E-state index in [1.807, 2.05) is 12.1 Å². The van der Waals surface area contributed by atoms with Crippen molar-refractivity contribution >= 4 is 6.08 Å². The molecule has 3 heteroatoms. The molecular weight excluding hydrogens is 193 g/mol. The van der Waals surface area contributed by atoms with Crippen LogP contribution in [0.15, 0.2) is 24.3 Å². The van der Waals surface area contributed by atoms with Crippen LogP contribution < -0.4 is 0 Å². The zero-order valence-corrected chi connectivity index (χ0v) is 8.28. The molecule has 0 bridgehead atoms. The number of aliphatic hydroxyl groups is 1. The van der Waals surface area contributed by atoms with Crippen LogP contribution in [0.1, 0.15) is 17.5 Å².